The number of ether oxygens (including phenoxy) is 1. The lowest BCUT2D eigenvalue weighted by Gasteiger charge is -2.02. The fourth-order valence-corrected chi connectivity index (χ4v) is 2.24. The first-order valence-corrected chi connectivity index (χ1v) is 6.94. The number of benzene rings is 1. The molecule has 2 N–H and O–H groups in total. The molecule has 0 spiro atoms. The molecule has 2 heterocycles. The molecule has 0 aliphatic rings. The summed E-state index contributed by atoms with van der Waals surface area (Å²) in [5, 5.41) is 2.59. The summed E-state index contributed by atoms with van der Waals surface area (Å²) in [6.07, 6.45) is 6.84. The Morgan fingerprint density at radius 1 is 1.29 bits per heavy atom. The number of H-pyrrole nitrogens is 1. The maximum atomic E-state index is 12.3. The number of carbonyl (C=O) groups is 2. The summed E-state index contributed by atoms with van der Waals surface area (Å²) in [4.78, 5) is 35.2. The van der Waals surface area contributed by atoms with E-state index in [9.17, 15) is 9.59 Å². The number of terminal acetylenes is 1. The number of para-hydroxylation sites is 1. The highest BCUT2D eigenvalue weighted by molar-refractivity contribution is 6.06. The third kappa shape index (κ3) is 2.68. The van der Waals surface area contributed by atoms with Crippen molar-refractivity contribution in [2.45, 2.75) is 0 Å². The van der Waals surface area contributed by atoms with Crippen molar-refractivity contribution in [3.05, 3.63) is 53.3 Å². The number of carbonyl (C=O) groups excluding carboxylic acids is 2. The van der Waals surface area contributed by atoms with E-state index in [1.165, 1.54) is 13.3 Å². The summed E-state index contributed by atoms with van der Waals surface area (Å²) in [5.41, 5.74) is 1.79. The lowest BCUT2D eigenvalue weighted by molar-refractivity contribution is 0.0602. The highest BCUT2D eigenvalue weighted by Gasteiger charge is 2.17. The zero-order valence-electron chi connectivity index (χ0n) is 12.7. The molecule has 0 atom stereocenters. The molecule has 0 saturated carbocycles. The van der Waals surface area contributed by atoms with Gasteiger partial charge in [-0.05, 0) is 24.3 Å². The van der Waals surface area contributed by atoms with E-state index in [4.69, 9.17) is 11.2 Å². The number of esters is 1. The molecular formula is C17H12N4O3. The van der Waals surface area contributed by atoms with Crippen LogP contribution < -0.4 is 5.32 Å². The standard InChI is InChI=1S/C17H12N4O3/c1-3-10-6-5-9-18-13(10)15(22)21-17-19-12-8-4-7-11(14(12)20-17)16(23)24-2/h1,4-9H,2H3,(H2,19,20,21,22). The fraction of sp³-hybridized carbons (Fsp3) is 0.0588. The molecule has 3 aromatic rings. The Bertz CT molecular complexity index is 985. The van der Waals surface area contributed by atoms with E-state index in [1.54, 1.807) is 30.3 Å². The predicted octanol–water partition coefficient (Wildman–Crippen LogP) is 1.98. The van der Waals surface area contributed by atoms with Gasteiger partial charge in [0.05, 0.1) is 23.8 Å². The molecule has 24 heavy (non-hydrogen) atoms. The van der Waals surface area contributed by atoms with E-state index in [0.717, 1.165) is 0 Å². The van der Waals surface area contributed by atoms with Crippen LogP contribution in [-0.2, 0) is 4.74 Å². The average molecular weight is 320 g/mol. The smallest absolute Gasteiger partial charge is 0.340 e. The molecule has 0 unspecified atom stereocenters. The summed E-state index contributed by atoms with van der Waals surface area (Å²) in [5.74, 6) is 1.58. The van der Waals surface area contributed by atoms with Gasteiger partial charge in [0, 0.05) is 6.20 Å². The quantitative estimate of drug-likeness (QED) is 0.568. The second-order valence-electron chi connectivity index (χ2n) is 4.78. The number of hydrogen-bond acceptors (Lipinski definition) is 5. The molecule has 3 rings (SSSR count). The van der Waals surface area contributed by atoms with Gasteiger partial charge in [0.1, 0.15) is 11.2 Å². The van der Waals surface area contributed by atoms with E-state index in [2.05, 4.69) is 26.2 Å². The highest BCUT2D eigenvalue weighted by atomic mass is 16.5. The van der Waals surface area contributed by atoms with Gasteiger partial charge in [-0.1, -0.05) is 12.0 Å². The Balaban J connectivity index is 1.95. The van der Waals surface area contributed by atoms with Crippen LogP contribution in [0.15, 0.2) is 36.5 Å². The van der Waals surface area contributed by atoms with Gasteiger partial charge < -0.3 is 9.72 Å². The number of nitrogens with zero attached hydrogens (tertiary/aromatic N) is 2. The third-order valence-electron chi connectivity index (χ3n) is 3.33. The number of anilines is 1. The number of methoxy groups -OCH3 is 1. The number of amides is 1. The molecule has 7 nitrogen and oxygen atoms in total. The number of aromatic nitrogens is 3. The first-order valence-electron chi connectivity index (χ1n) is 6.94. The number of imidazole rings is 1. The van der Waals surface area contributed by atoms with E-state index in [0.29, 0.717) is 22.2 Å². The van der Waals surface area contributed by atoms with Crippen molar-refractivity contribution in [2.75, 3.05) is 12.4 Å². The molecule has 118 valence electrons. The summed E-state index contributed by atoms with van der Waals surface area (Å²) >= 11 is 0. The minimum atomic E-state index is -0.510. The number of nitrogens with one attached hydrogen (secondary N) is 2. The minimum Gasteiger partial charge on any atom is -0.465 e. The molecule has 1 aromatic carbocycles. The number of rotatable bonds is 3. The largest absolute Gasteiger partial charge is 0.465 e. The molecule has 0 fully saturated rings. The predicted molar refractivity (Wildman–Crippen MR) is 87.6 cm³/mol. The van der Waals surface area contributed by atoms with E-state index >= 15 is 0 Å². The number of fused-ring (bicyclic) bond motifs is 1. The second-order valence-corrected chi connectivity index (χ2v) is 4.78. The number of hydrogen-bond donors (Lipinski definition) is 2. The SMILES string of the molecule is C#Cc1cccnc1C(=O)Nc1nc2c(C(=O)OC)cccc2[nH]1. The van der Waals surface area contributed by atoms with Crippen LogP contribution in [0.4, 0.5) is 5.95 Å². The monoisotopic (exact) mass is 320 g/mol. The molecular weight excluding hydrogens is 308 g/mol. The molecule has 0 aliphatic heterocycles. The summed E-state index contributed by atoms with van der Waals surface area (Å²) in [6, 6.07) is 8.28. The van der Waals surface area contributed by atoms with Gasteiger partial charge in [-0.15, -0.1) is 6.42 Å². The molecule has 0 radical (unpaired) electrons. The Labute approximate surface area is 137 Å². The van der Waals surface area contributed by atoms with E-state index < -0.39 is 11.9 Å². The normalized spacial score (nSPS) is 10.2. The Hall–Kier alpha value is -3.66. The van der Waals surface area contributed by atoms with Gasteiger partial charge in [0.15, 0.2) is 0 Å². The van der Waals surface area contributed by atoms with Crippen LogP contribution >= 0.6 is 0 Å². The third-order valence-corrected chi connectivity index (χ3v) is 3.33. The Morgan fingerprint density at radius 2 is 2.12 bits per heavy atom. The van der Waals surface area contributed by atoms with Gasteiger partial charge in [-0.2, -0.15) is 0 Å². The minimum absolute atomic E-state index is 0.119. The van der Waals surface area contributed by atoms with Crippen molar-refractivity contribution >= 4 is 28.9 Å². The maximum Gasteiger partial charge on any atom is 0.340 e. The topological polar surface area (TPSA) is 97.0 Å². The molecule has 0 bridgehead atoms. The Kier molecular flexibility index (Phi) is 3.95. The van der Waals surface area contributed by atoms with Crippen LogP contribution in [0, 0.1) is 12.3 Å². The summed E-state index contributed by atoms with van der Waals surface area (Å²) < 4.78 is 4.72. The van der Waals surface area contributed by atoms with Crippen molar-refractivity contribution in [3.8, 4) is 12.3 Å². The number of aromatic amines is 1. The van der Waals surface area contributed by atoms with Gasteiger partial charge in [-0.3, -0.25) is 10.1 Å². The second kappa shape index (κ2) is 6.22. The maximum absolute atomic E-state index is 12.3. The molecule has 0 saturated heterocycles. The van der Waals surface area contributed by atoms with Crippen LogP contribution in [0.25, 0.3) is 11.0 Å². The van der Waals surface area contributed by atoms with E-state index in [1.807, 2.05) is 0 Å². The van der Waals surface area contributed by atoms with Gasteiger partial charge >= 0.3 is 5.97 Å². The fourth-order valence-electron chi connectivity index (χ4n) is 2.24. The van der Waals surface area contributed by atoms with Crippen LogP contribution in [0.3, 0.4) is 0 Å². The molecule has 7 heteroatoms. The van der Waals surface area contributed by atoms with Crippen LogP contribution in [0.2, 0.25) is 0 Å². The summed E-state index contributed by atoms with van der Waals surface area (Å²) in [7, 11) is 1.29. The van der Waals surface area contributed by atoms with Crippen molar-refractivity contribution < 1.29 is 14.3 Å². The van der Waals surface area contributed by atoms with Crippen molar-refractivity contribution in [1.82, 2.24) is 15.0 Å². The molecule has 1 amide bonds. The first kappa shape index (κ1) is 15.2. The van der Waals surface area contributed by atoms with Gasteiger partial charge in [0.25, 0.3) is 5.91 Å². The van der Waals surface area contributed by atoms with Crippen molar-refractivity contribution in [2.24, 2.45) is 0 Å². The summed E-state index contributed by atoms with van der Waals surface area (Å²) in [6.45, 7) is 0. The lowest BCUT2D eigenvalue weighted by Crippen LogP contribution is -2.16. The van der Waals surface area contributed by atoms with Crippen LogP contribution in [0.1, 0.15) is 26.4 Å². The highest BCUT2D eigenvalue weighted by Crippen LogP contribution is 2.20. The average Bonchev–Trinajstić information content (AvgIpc) is 3.03. The van der Waals surface area contributed by atoms with Crippen LogP contribution in [-0.4, -0.2) is 33.9 Å². The zero-order chi connectivity index (χ0) is 17.1. The number of pyridine rings is 1. The molecule has 0 aliphatic carbocycles. The van der Waals surface area contributed by atoms with E-state index in [-0.39, 0.29) is 11.6 Å². The van der Waals surface area contributed by atoms with Crippen molar-refractivity contribution in [1.29, 1.82) is 0 Å². The van der Waals surface area contributed by atoms with Crippen LogP contribution in [0.5, 0.6) is 0 Å². The zero-order valence-corrected chi connectivity index (χ0v) is 12.7. The van der Waals surface area contributed by atoms with Gasteiger partial charge in [-0.25, -0.2) is 14.8 Å². The first-order chi connectivity index (χ1) is 11.6. The van der Waals surface area contributed by atoms with Crippen molar-refractivity contribution in [3.63, 3.8) is 0 Å². The molecule has 2 aromatic heterocycles. The lowest BCUT2D eigenvalue weighted by atomic mass is 10.2. The van der Waals surface area contributed by atoms with Gasteiger partial charge in [0.2, 0.25) is 5.95 Å². The Morgan fingerprint density at radius 3 is 2.88 bits per heavy atom.